The standard InChI is InChI=1S/C15H15FO/c1-2-12-6-5-8-14(10-12)17-11-13-7-3-4-9-15(13)16/h3-10H,2,11H2,1H3. The average molecular weight is 230 g/mol. The van der Waals surface area contributed by atoms with E-state index in [1.807, 2.05) is 24.3 Å². The zero-order valence-electron chi connectivity index (χ0n) is 9.82. The molecule has 0 N–H and O–H groups in total. The van der Waals surface area contributed by atoms with Crippen molar-refractivity contribution >= 4 is 0 Å². The molecule has 0 spiro atoms. The Bertz CT molecular complexity index is 494. The fraction of sp³-hybridized carbons (Fsp3) is 0.200. The first-order chi connectivity index (χ1) is 8.29. The molecule has 0 amide bonds. The van der Waals surface area contributed by atoms with Gasteiger partial charge >= 0.3 is 0 Å². The van der Waals surface area contributed by atoms with E-state index in [9.17, 15) is 4.39 Å². The molecule has 0 atom stereocenters. The topological polar surface area (TPSA) is 9.23 Å². The molecule has 0 fully saturated rings. The summed E-state index contributed by atoms with van der Waals surface area (Å²) >= 11 is 0. The van der Waals surface area contributed by atoms with Crippen LogP contribution in [0.15, 0.2) is 48.5 Å². The molecule has 1 nitrogen and oxygen atoms in total. The average Bonchev–Trinajstić information content (AvgIpc) is 2.38. The second-order valence-corrected chi connectivity index (χ2v) is 3.88. The van der Waals surface area contributed by atoms with Crippen LogP contribution in [0.4, 0.5) is 4.39 Å². The van der Waals surface area contributed by atoms with Crippen molar-refractivity contribution in [2.75, 3.05) is 0 Å². The molecule has 17 heavy (non-hydrogen) atoms. The molecule has 0 heterocycles. The minimum Gasteiger partial charge on any atom is -0.489 e. The Labute approximate surface area is 101 Å². The van der Waals surface area contributed by atoms with E-state index in [4.69, 9.17) is 4.74 Å². The highest BCUT2D eigenvalue weighted by Crippen LogP contribution is 2.16. The lowest BCUT2D eigenvalue weighted by Gasteiger charge is -2.08. The smallest absolute Gasteiger partial charge is 0.129 e. The molecule has 0 aliphatic heterocycles. The molecule has 0 aliphatic carbocycles. The maximum absolute atomic E-state index is 13.4. The number of hydrogen-bond acceptors (Lipinski definition) is 1. The van der Waals surface area contributed by atoms with E-state index in [2.05, 4.69) is 13.0 Å². The highest BCUT2D eigenvalue weighted by atomic mass is 19.1. The van der Waals surface area contributed by atoms with Gasteiger partial charge in [-0.25, -0.2) is 4.39 Å². The van der Waals surface area contributed by atoms with Crippen LogP contribution >= 0.6 is 0 Å². The summed E-state index contributed by atoms with van der Waals surface area (Å²) in [5, 5.41) is 0. The maximum Gasteiger partial charge on any atom is 0.129 e. The van der Waals surface area contributed by atoms with Crippen molar-refractivity contribution in [3.05, 3.63) is 65.5 Å². The monoisotopic (exact) mass is 230 g/mol. The minimum absolute atomic E-state index is 0.223. The van der Waals surface area contributed by atoms with Crippen LogP contribution in [0.1, 0.15) is 18.1 Å². The van der Waals surface area contributed by atoms with Gasteiger partial charge in [0, 0.05) is 5.56 Å². The third kappa shape index (κ3) is 3.06. The normalized spacial score (nSPS) is 10.2. The van der Waals surface area contributed by atoms with Gasteiger partial charge in [0.05, 0.1) is 0 Å². The van der Waals surface area contributed by atoms with Crippen LogP contribution in [0, 0.1) is 5.82 Å². The second kappa shape index (κ2) is 5.48. The third-order valence-corrected chi connectivity index (χ3v) is 2.66. The molecular weight excluding hydrogens is 215 g/mol. The quantitative estimate of drug-likeness (QED) is 0.772. The van der Waals surface area contributed by atoms with Crippen LogP contribution in [0.25, 0.3) is 0 Å². The summed E-state index contributed by atoms with van der Waals surface area (Å²) < 4.78 is 18.9. The fourth-order valence-electron chi connectivity index (χ4n) is 1.63. The molecule has 0 unspecified atom stereocenters. The summed E-state index contributed by atoms with van der Waals surface area (Å²) in [6.07, 6.45) is 0.969. The van der Waals surface area contributed by atoms with Gasteiger partial charge in [-0.15, -0.1) is 0 Å². The highest BCUT2D eigenvalue weighted by Gasteiger charge is 2.01. The summed E-state index contributed by atoms with van der Waals surface area (Å²) in [7, 11) is 0. The molecule has 2 aromatic rings. The second-order valence-electron chi connectivity index (χ2n) is 3.88. The van der Waals surface area contributed by atoms with E-state index in [-0.39, 0.29) is 12.4 Å². The maximum atomic E-state index is 13.4. The third-order valence-electron chi connectivity index (χ3n) is 2.66. The summed E-state index contributed by atoms with van der Waals surface area (Å²) in [5.74, 6) is 0.562. The van der Waals surface area contributed by atoms with Gasteiger partial charge in [-0.1, -0.05) is 37.3 Å². The van der Waals surface area contributed by atoms with E-state index < -0.39 is 0 Å². The van der Waals surface area contributed by atoms with Crippen molar-refractivity contribution in [1.82, 2.24) is 0 Å². The van der Waals surface area contributed by atoms with Crippen LogP contribution in [0.2, 0.25) is 0 Å². The van der Waals surface area contributed by atoms with Gasteiger partial charge in [0.1, 0.15) is 18.2 Å². The zero-order chi connectivity index (χ0) is 12.1. The highest BCUT2D eigenvalue weighted by molar-refractivity contribution is 5.29. The lowest BCUT2D eigenvalue weighted by molar-refractivity contribution is 0.299. The predicted octanol–water partition coefficient (Wildman–Crippen LogP) is 3.97. The van der Waals surface area contributed by atoms with Crippen LogP contribution in [0.5, 0.6) is 5.75 Å². The van der Waals surface area contributed by atoms with Crippen LogP contribution < -0.4 is 4.74 Å². The lowest BCUT2D eigenvalue weighted by atomic mass is 10.1. The molecule has 2 heteroatoms. The predicted molar refractivity (Wildman–Crippen MR) is 66.6 cm³/mol. The number of aryl methyl sites for hydroxylation is 1. The summed E-state index contributed by atoms with van der Waals surface area (Å²) in [6, 6.07) is 14.5. The van der Waals surface area contributed by atoms with E-state index >= 15 is 0 Å². The SMILES string of the molecule is CCc1cccc(OCc2ccccc2F)c1. The molecule has 0 radical (unpaired) electrons. The molecule has 0 aromatic heterocycles. The van der Waals surface area contributed by atoms with Crippen molar-refractivity contribution in [2.24, 2.45) is 0 Å². The number of benzene rings is 2. The van der Waals surface area contributed by atoms with Gasteiger partial charge in [0.25, 0.3) is 0 Å². The Morgan fingerprint density at radius 3 is 2.65 bits per heavy atom. The van der Waals surface area contributed by atoms with Crippen LogP contribution in [-0.4, -0.2) is 0 Å². The molecule has 0 bridgehead atoms. The Kier molecular flexibility index (Phi) is 3.76. The van der Waals surface area contributed by atoms with Crippen molar-refractivity contribution in [2.45, 2.75) is 20.0 Å². The Hall–Kier alpha value is -1.83. The van der Waals surface area contributed by atoms with Gasteiger partial charge in [-0.05, 0) is 30.2 Å². The number of hydrogen-bond donors (Lipinski definition) is 0. The van der Waals surface area contributed by atoms with Gasteiger partial charge in [0.15, 0.2) is 0 Å². The Balaban J connectivity index is 2.05. The number of halogens is 1. The van der Waals surface area contributed by atoms with Crippen molar-refractivity contribution < 1.29 is 9.13 Å². The minimum atomic E-state index is -0.223. The summed E-state index contributed by atoms with van der Waals surface area (Å²) in [4.78, 5) is 0. The summed E-state index contributed by atoms with van der Waals surface area (Å²) in [6.45, 7) is 2.36. The fourth-order valence-corrected chi connectivity index (χ4v) is 1.63. The molecule has 0 saturated heterocycles. The first-order valence-corrected chi connectivity index (χ1v) is 5.74. The van der Waals surface area contributed by atoms with Crippen molar-refractivity contribution in [3.63, 3.8) is 0 Å². The van der Waals surface area contributed by atoms with Gasteiger partial charge in [-0.3, -0.25) is 0 Å². The molecule has 88 valence electrons. The van der Waals surface area contributed by atoms with Crippen molar-refractivity contribution in [3.8, 4) is 5.75 Å². The van der Waals surface area contributed by atoms with Crippen LogP contribution in [-0.2, 0) is 13.0 Å². The van der Waals surface area contributed by atoms with E-state index in [1.54, 1.807) is 12.1 Å². The van der Waals surface area contributed by atoms with Gasteiger partial charge in [0.2, 0.25) is 0 Å². The number of rotatable bonds is 4. The van der Waals surface area contributed by atoms with E-state index in [0.29, 0.717) is 5.56 Å². The Morgan fingerprint density at radius 1 is 1.06 bits per heavy atom. The van der Waals surface area contributed by atoms with Gasteiger partial charge < -0.3 is 4.74 Å². The summed E-state index contributed by atoms with van der Waals surface area (Å²) in [5.41, 5.74) is 1.80. The number of ether oxygens (including phenoxy) is 1. The van der Waals surface area contributed by atoms with E-state index in [0.717, 1.165) is 12.2 Å². The van der Waals surface area contributed by atoms with E-state index in [1.165, 1.54) is 11.6 Å². The molecule has 0 aliphatic rings. The first kappa shape index (κ1) is 11.6. The Morgan fingerprint density at radius 2 is 1.88 bits per heavy atom. The largest absolute Gasteiger partial charge is 0.489 e. The molecule has 0 saturated carbocycles. The molecule has 2 rings (SSSR count). The first-order valence-electron chi connectivity index (χ1n) is 5.74. The lowest BCUT2D eigenvalue weighted by Crippen LogP contribution is -1.98. The molecular formula is C15H15FO. The molecule has 2 aromatic carbocycles. The van der Waals surface area contributed by atoms with Crippen molar-refractivity contribution in [1.29, 1.82) is 0 Å². The zero-order valence-corrected chi connectivity index (χ0v) is 9.82. The van der Waals surface area contributed by atoms with Crippen LogP contribution in [0.3, 0.4) is 0 Å². The van der Waals surface area contributed by atoms with Gasteiger partial charge in [-0.2, -0.15) is 0 Å².